The first-order valence-corrected chi connectivity index (χ1v) is 4.86. The third-order valence-corrected chi connectivity index (χ3v) is 2.50. The van der Waals surface area contributed by atoms with Gasteiger partial charge in [-0.25, -0.2) is 9.78 Å². The smallest absolute Gasteiger partial charge is 0.357 e. The molecule has 0 aliphatic heterocycles. The predicted molar refractivity (Wildman–Crippen MR) is 53.6 cm³/mol. The highest BCUT2D eigenvalue weighted by molar-refractivity contribution is 7.16. The van der Waals surface area contributed by atoms with E-state index in [4.69, 9.17) is 5.11 Å². The summed E-state index contributed by atoms with van der Waals surface area (Å²) < 4.78 is 4.62. The van der Waals surface area contributed by atoms with E-state index in [0.29, 0.717) is 15.8 Å². The summed E-state index contributed by atoms with van der Waals surface area (Å²) in [5.41, 5.74) is 0.000463. The Bertz CT molecular complexity index is 477. The molecule has 0 atom stereocenters. The zero-order valence-electron chi connectivity index (χ0n) is 7.72. The number of carboxylic acids is 1. The van der Waals surface area contributed by atoms with Crippen LogP contribution in [0, 0.1) is 6.92 Å². The van der Waals surface area contributed by atoms with Crippen LogP contribution in [-0.4, -0.2) is 21.2 Å². The molecule has 2 N–H and O–H groups in total. The second-order valence-corrected chi connectivity index (χ2v) is 3.93. The molecule has 0 spiro atoms. The number of nitrogens with one attached hydrogen (secondary N) is 1. The molecular formula is C8H7N3O3S. The molecule has 0 aliphatic rings. The number of thiazole rings is 1. The van der Waals surface area contributed by atoms with Crippen molar-refractivity contribution in [2.75, 3.05) is 5.32 Å². The molecule has 2 aromatic heterocycles. The topological polar surface area (TPSA) is 88.2 Å². The van der Waals surface area contributed by atoms with Gasteiger partial charge in [-0.2, -0.15) is 0 Å². The molecule has 0 saturated carbocycles. The molecule has 0 fully saturated rings. The number of nitrogens with zero attached hydrogens (tertiary/aromatic N) is 2. The summed E-state index contributed by atoms with van der Waals surface area (Å²) in [5, 5.41) is 16.4. The lowest BCUT2D eigenvalue weighted by atomic mass is 10.4. The predicted octanol–water partition coefficient (Wildman–Crippen LogP) is 1.88. The van der Waals surface area contributed by atoms with Gasteiger partial charge in [0.1, 0.15) is 11.3 Å². The first-order chi connectivity index (χ1) is 7.16. The zero-order chi connectivity index (χ0) is 10.8. The van der Waals surface area contributed by atoms with E-state index in [-0.39, 0.29) is 5.69 Å². The van der Waals surface area contributed by atoms with Crippen molar-refractivity contribution in [3.8, 4) is 0 Å². The third-order valence-electron chi connectivity index (χ3n) is 1.62. The number of rotatable bonds is 3. The minimum atomic E-state index is -1.06. The van der Waals surface area contributed by atoms with Crippen LogP contribution in [0.25, 0.3) is 0 Å². The molecule has 7 heteroatoms. The molecule has 0 radical (unpaired) electrons. The minimum Gasteiger partial charge on any atom is -0.476 e. The first kappa shape index (κ1) is 9.66. The number of aromatic nitrogens is 2. The molecule has 0 aromatic carbocycles. The fourth-order valence-corrected chi connectivity index (χ4v) is 1.87. The Morgan fingerprint density at radius 1 is 1.67 bits per heavy atom. The molecule has 0 bridgehead atoms. The van der Waals surface area contributed by atoms with Crippen LogP contribution in [0.1, 0.15) is 15.5 Å². The number of aryl methyl sites for hydroxylation is 1. The van der Waals surface area contributed by atoms with Crippen LogP contribution in [0.15, 0.2) is 16.9 Å². The van der Waals surface area contributed by atoms with Gasteiger partial charge in [0.05, 0.1) is 5.01 Å². The van der Waals surface area contributed by atoms with Gasteiger partial charge in [0.2, 0.25) is 0 Å². The van der Waals surface area contributed by atoms with Gasteiger partial charge in [0.25, 0.3) is 0 Å². The van der Waals surface area contributed by atoms with Crippen LogP contribution in [-0.2, 0) is 0 Å². The molecule has 0 aliphatic carbocycles. The largest absolute Gasteiger partial charge is 0.476 e. The maximum absolute atomic E-state index is 10.8. The minimum absolute atomic E-state index is 0.000463. The second-order valence-electron chi connectivity index (χ2n) is 2.73. The van der Waals surface area contributed by atoms with Crippen LogP contribution < -0.4 is 5.32 Å². The monoisotopic (exact) mass is 225 g/mol. The number of carbonyl (C=O) groups is 1. The molecule has 2 aromatic rings. The van der Waals surface area contributed by atoms with E-state index < -0.39 is 5.97 Å². The highest BCUT2D eigenvalue weighted by Gasteiger charge is 2.16. The molecule has 0 unspecified atom stereocenters. The number of hydrogen-bond acceptors (Lipinski definition) is 6. The standard InChI is InChI=1S/C8H7N3O3S/c1-4-9-6(8(12)13)7(15-4)10-5-2-3-14-11-5/h2-3H,1H3,(H,10,11)(H,12,13). The maximum atomic E-state index is 10.8. The fraction of sp³-hybridized carbons (Fsp3) is 0.125. The zero-order valence-corrected chi connectivity index (χ0v) is 8.54. The molecule has 0 saturated heterocycles. The molecule has 2 heterocycles. The Balaban J connectivity index is 2.31. The van der Waals surface area contributed by atoms with Crippen molar-refractivity contribution >= 4 is 28.1 Å². The van der Waals surface area contributed by atoms with Crippen molar-refractivity contribution in [2.45, 2.75) is 6.92 Å². The Kier molecular flexibility index (Phi) is 2.38. The average molecular weight is 225 g/mol. The summed E-state index contributed by atoms with van der Waals surface area (Å²) in [4.78, 5) is 14.7. The van der Waals surface area contributed by atoms with Crippen LogP contribution in [0.5, 0.6) is 0 Å². The summed E-state index contributed by atoms with van der Waals surface area (Å²) in [6, 6.07) is 1.60. The Labute approximate surface area is 88.5 Å². The lowest BCUT2D eigenvalue weighted by Gasteiger charge is -1.97. The van der Waals surface area contributed by atoms with Crippen molar-refractivity contribution < 1.29 is 14.4 Å². The third kappa shape index (κ3) is 1.96. The normalized spacial score (nSPS) is 10.2. The number of anilines is 2. The van der Waals surface area contributed by atoms with Crippen LogP contribution in [0.4, 0.5) is 10.8 Å². The van der Waals surface area contributed by atoms with E-state index in [1.54, 1.807) is 13.0 Å². The Hall–Kier alpha value is -1.89. The lowest BCUT2D eigenvalue weighted by molar-refractivity contribution is 0.0692. The highest BCUT2D eigenvalue weighted by atomic mass is 32.1. The van der Waals surface area contributed by atoms with Gasteiger partial charge >= 0.3 is 5.97 Å². The van der Waals surface area contributed by atoms with E-state index in [9.17, 15) is 4.79 Å². The van der Waals surface area contributed by atoms with Crippen molar-refractivity contribution in [2.24, 2.45) is 0 Å². The summed E-state index contributed by atoms with van der Waals surface area (Å²) in [5.74, 6) is -0.605. The molecular weight excluding hydrogens is 218 g/mol. The first-order valence-electron chi connectivity index (χ1n) is 4.05. The molecule has 15 heavy (non-hydrogen) atoms. The van der Waals surface area contributed by atoms with Gasteiger partial charge < -0.3 is 14.9 Å². The lowest BCUT2D eigenvalue weighted by Crippen LogP contribution is -2.01. The maximum Gasteiger partial charge on any atom is 0.357 e. The van der Waals surface area contributed by atoms with Crippen LogP contribution >= 0.6 is 11.3 Å². The Morgan fingerprint density at radius 3 is 3.07 bits per heavy atom. The summed E-state index contributed by atoms with van der Waals surface area (Å²) in [7, 11) is 0. The van der Waals surface area contributed by atoms with Crippen molar-refractivity contribution in [3.05, 3.63) is 23.0 Å². The highest BCUT2D eigenvalue weighted by Crippen LogP contribution is 2.26. The number of aromatic carboxylic acids is 1. The summed E-state index contributed by atoms with van der Waals surface area (Å²) in [6.07, 6.45) is 1.40. The summed E-state index contributed by atoms with van der Waals surface area (Å²) in [6.45, 7) is 1.74. The summed E-state index contributed by atoms with van der Waals surface area (Å²) >= 11 is 1.26. The van der Waals surface area contributed by atoms with E-state index in [0.717, 1.165) is 0 Å². The van der Waals surface area contributed by atoms with E-state index >= 15 is 0 Å². The van der Waals surface area contributed by atoms with Gasteiger partial charge in [-0.05, 0) is 6.92 Å². The van der Waals surface area contributed by atoms with Crippen molar-refractivity contribution in [1.82, 2.24) is 10.1 Å². The van der Waals surface area contributed by atoms with Gasteiger partial charge in [-0.15, -0.1) is 11.3 Å². The SMILES string of the molecule is Cc1nc(C(=O)O)c(Nc2ccon2)s1. The molecule has 2 rings (SSSR count). The molecule has 78 valence electrons. The fourth-order valence-electron chi connectivity index (χ4n) is 1.05. The van der Waals surface area contributed by atoms with Gasteiger partial charge in [-0.1, -0.05) is 5.16 Å². The van der Waals surface area contributed by atoms with E-state index in [2.05, 4.69) is 20.0 Å². The van der Waals surface area contributed by atoms with Gasteiger partial charge in [-0.3, -0.25) is 0 Å². The molecule has 6 nitrogen and oxygen atoms in total. The second kappa shape index (κ2) is 3.70. The number of carboxylic acid groups (broad SMARTS) is 1. The van der Waals surface area contributed by atoms with Gasteiger partial charge in [0, 0.05) is 6.07 Å². The quantitative estimate of drug-likeness (QED) is 0.829. The average Bonchev–Trinajstić information content (AvgIpc) is 2.75. The van der Waals surface area contributed by atoms with E-state index in [1.165, 1.54) is 17.6 Å². The van der Waals surface area contributed by atoms with Crippen LogP contribution in [0.3, 0.4) is 0 Å². The van der Waals surface area contributed by atoms with E-state index in [1.807, 2.05) is 0 Å². The van der Waals surface area contributed by atoms with Crippen molar-refractivity contribution in [3.63, 3.8) is 0 Å². The van der Waals surface area contributed by atoms with Crippen molar-refractivity contribution in [1.29, 1.82) is 0 Å². The Morgan fingerprint density at radius 2 is 2.47 bits per heavy atom. The number of hydrogen-bond donors (Lipinski definition) is 2. The molecule has 0 amide bonds. The van der Waals surface area contributed by atoms with Gasteiger partial charge in [0.15, 0.2) is 11.5 Å². The van der Waals surface area contributed by atoms with Crippen LogP contribution in [0.2, 0.25) is 0 Å².